The van der Waals surface area contributed by atoms with Gasteiger partial charge in [-0.1, -0.05) is 18.2 Å². The number of carbonyl (C=O) groups is 2. The fraction of sp³-hybridized carbons (Fsp3) is 0.176. The highest BCUT2D eigenvalue weighted by molar-refractivity contribution is 9.10. The van der Waals surface area contributed by atoms with Crippen molar-refractivity contribution in [3.05, 3.63) is 63.9 Å². The van der Waals surface area contributed by atoms with Crippen LogP contribution in [0.15, 0.2) is 46.9 Å². The predicted octanol–water partition coefficient (Wildman–Crippen LogP) is 3.21. The fourth-order valence-electron chi connectivity index (χ4n) is 2.63. The number of nitrogens with zero attached hydrogens (tertiary/aromatic N) is 2. The summed E-state index contributed by atoms with van der Waals surface area (Å²) in [7, 11) is 1.84. The van der Waals surface area contributed by atoms with Gasteiger partial charge in [0.2, 0.25) is 0 Å². The molecule has 118 valence electrons. The normalized spacial score (nSPS) is 13.8. The molecule has 1 aliphatic heterocycles. The summed E-state index contributed by atoms with van der Waals surface area (Å²) in [6.45, 7) is 0.826. The minimum atomic E-state index is -0.530. The zero-order valence-electron chi connectivity index (χ0n) is 12.4. The Kier molecular flexibility index (Phi) is 4.28. The summed E-state index contributed by atoms with van der Waals surface area (Å²) in [5, 5.41) is 0. The Hall–Kier alpha value is -2.05. The van der Waals surface area contributed by atoms with Crippen molar-refractivity contribution in [2.75, 3.05) is 18.6 Å². The van der Waals surface area contributed by atoms with Gasteiger partial charge in [-0.25, -0.2) is 4.39 Å². The van der Waals surface area contributed by atoms with Gasteiger partial charge in [-0.2, -0.15) is 0 Å². The number of fused-ring (bicyclic) bond motifs is 1. The monoisotopic (exact) mass is 376 g/mol. The Morgan fingerprint density at radius 3 is 2.52 bits per heavy atom. The first-order valence-corrected chi connectivity index (χ1v) is 7.84. The smallest absolute Gasteiger partial charge is 0.291 e. The fourth-order valence-corrected chi connectivity index (χ4v) is 3.17. The average molecular weight is 377 g/mol. The molecule has 1 heterocycles. The number of halogens is 2. The van der Waals surface area contributed by atoms with E-state index in [2.05, 4.69) is 15.9 Å². The van der Waals surface area contributed by atoms with Gasteiger partial charge in [0.25, 0.3) is 5.78 Å². The first-order chi connectivity index (χ1) is 11.0. The van der Waals surface area contributed by atoms with Crippen LogP contribution in [0.25, 0.3) is 0 Å². The Morgan fingerprint density at radius 2 is 1.83 bits per heavy atom. The number of carbonyl (C=O) groups excluding carboxylic acids is 2. The van der Waals surface area contributed by atoms with Crippen LogP contribution >= 0.6 is 15.9 Å². The summed E-state index contributed by atoms with van der Waals surface area (Å²) < 4.78 is 13.6. The highest BCUT2D eigenvalue weighted by atomic mass is 79.9. The van der Waals surface area contributed by atoms with Crippen LogP contribution in [0.4, 0.5) is 10.1 Å². The quantitative estimate of drug-likeness (QED) is 0.769. The second-order valence-corrected chi connectivity index (χ2v) is 6.33. The minimum absolute atomic E-state index is 0.282. The van der Waals surface area contributed by atoms with Crippen molar-refractivity contribution in [1.82, 2.24) is 4.90 Å². The van der Waals surface area contributed by atoms with Crippen LogP contribution in [-0.4, -0.2) is 30.3 Å². The molecule has 0 radical (unpaired) electrons. The molecule has 23 heavy (non-hydrogen) atoms. The maximum atomic E-state index is 12.9. The molecule has 0 aliphatic carbocycles. The maximum Gasteiger partial charge on any atom is 0.300 e. The summed E-state index contributed by atoms with van der Waals surface area (Å²) in [6, 6.07) is 11.5. The Balaban J connectivity index is 1.78. The Labute approximate surface area is 141 Å². The van der Waals surface area contributed by atoms with Crippen molar-refractivity contribution in [2.45, 2.75) is 6.54 Å². The van der Waals surface area contributed by atoms with Gasteiger partial charge in [-0.3, -0.25) is 19.4 Å². The third kappa shape index (κ3) is 3.04. The number of Topliss-reactive ketones (excluding diaryl/α,β-unsaturated/α-hetero) is 1. The third-order valence-electron chi connectivity index (χ3n) is 3.70. The molecule has 1 amide bonds. The van der Waals surface area contributed by atoms with Gasteiger partial charge in [0.05, 0.1) is 17.9 Å². The number of hydrogen-bond acceptors (Lipinski definition) is 3. The number of hydrogen-bond donors (Lipinski definition) is 0. The first kappa shape index (κ1) is 15.8. The molecule has 3 rings (SSSR count). The molecule has 0 fully saturated rings. The van der Waals surface area contributed by atoms with Crippen molar-refractivity contribution in [3.8, 4) is 0 Å². The highest BCUT2D eigenvalue weighted by Gasteiger charge is 2.37. The van der Waals surface area contributed by atoms with E-state index in [0.29, 0.717) is 22.3 Å². The van der Waals surface area contributed by atoms with Crippen LogP contribution in [0.1, 0.15) is 15.9 Å². The lowest BCUT2D eigenvalue weighted by atomic mass is 10.1. The SMILES string of the molecule is CN(Cc1ccc(F)cc1)CN1C(=O)C(=O)c2c(Br)cccc21. The van der Waals surface area contributed by atoms with Crippen molar-refractivity contribution in [1.29, 1.82) is 0 Å². The molecule has 0 spiro atoms. The van der Waals surface area contributed by atoms with Crippen LogP contribution in [0.5, 0.6) is 0 Å². The second-order valence-electron chi connectivity index (χ2n) is 5.48. The second kappa shape index (κ2) is 6.22. The van der Waals surface area contributed by atoms with Crippen molar-refractivity contribution < 1.29 is 14.0 Å². The van der Waals surface area contributed by atoms with Gasteiger partial charge in [0.15, 0.2) is 0 Å². The molecule has 4 nitrogen and oxygen atoms in total. The molecule has 2 aromatic carbocycles. The topological polar surface area (TPSA) is 40.6 Å². The summed E-state index contributed by atoms with van der Waals surface area (Å²) in [6.07, 6.45) is 0. The van der Waals surface area contributed by atoms with E-state index in [1.165, 1.54) is 17.0 Å². The lowest BCUT2D eigenvalue weighted by Gasteiger charge is -2.24. The zero-order valence-corrected chi connectivity index (χ0v) is 14.0. The van der Waals surface area contributed by atoms with Gasteiger partial charge >= 0.3 is 5.91 Å². The van der Waals surface area contributed by atoms with E-state index in [9.17, 15) is 14.0 Å². The molecular weight excluding hydrogens is 363 g/mol. The van der Waals surface area contributed by atoms with Gasteiger partial charge in [-0.05, 0) is 52.8 Å². The van der Waals surface area contributed by atoms with E-state index in [-0.39, 0.29) is 12.5 Å². The molecule has 1 aliphatic rings. The summed E-state index contributed by atoms with van der Waals surface area (Å²) in [5.41, 5.74) is 1.95. The van der Waals surface area contributed by atoms with Crippen LogP contribution in [0.3, 0.4) is 0 Å². The largest absolute Gasteiger partial charge is 0.300 e. The Morgan fingerprint density at radius 1 is 1.13 bits per heavy atom. The van der Waals surface area contributed by atoms with Crippen LogP contribution < -0.4 is 4.90 Å². The molecule has 0 bridgehead atoms. The summed E-state index contributed by atoms with van der Waals surface area (Å²) in [5.74, 6) is -1.31. The van der Waals surface area contributed by atoms with Crippen LogP contribution in [0, 0.1) is 5.82 Å². The van der Waals surface area contributed by atoms with Gasteiger partial charge < -0.3 is 0 Å². The first-order valence-electron chi connectivity index (χ1n) is 7.05. The lowest BCUT2D eigenvalue weighted by molar-refractivity contribution is -0.114. The minimum Gasteiger partial charge on any atom is -0.291 e. The highest BCUT2D eigenvalue weighted by Crippen LogP contribution is 2.34. The maximum absolute atomic E-state index is 12.9. The van der Waals surface area contributed by atoms with Gasteiger partial charge in [-0.15, -0.1) is 0 Å². The van der Waals surface area contributed by atoms with E-state index in [1.807, 2.05) is 11.9 Å². The standard InChI is InChI=1S/C17H14BrFN2O2/c1-20(9-11-5-7-12(19)8-6-11)10-21-14-4-2-3-13(18)15(14)16(22)17(21)23/h2-8H,9-10H2,1H3. The van der Waals surface area contributed by atoms with E-state index in [4.69, 9.17) is 0 Å². The van der Waals surface area contributed by atoms with E-state index >= 15 is 0 Å². The molecular formula is C17H14BrFN2O2. The molecule has 0 saturated heterocycles. The molecule has 0 unspecified atom stereocenters. The molecule has 0 saturated carbocycles. The molecule has 0 N–H and O–H groups in total. The number of ketones is 1. The Bertz CT molecular complexity index is 777. The van der Waals surface area contributed by atoms with E-state index < -0.39 is 11.7 Å². The van der Waals surface area contributed by atoms with Gasteiger partial charge in [0, 0.05) is 11.0 Å². The molecule has 0 aromatic heterocycles. The van der Waals surface area contributed by atoms with Crippen molar-refractivity contribution in [2.24, 2.45) is 0 Å². The van der Waals surface area contributed by atoms with E-state index in [0.717, 1.165) is 5.56 Å². The zero-order chi connectivity index (χ0) is 16.6. The molecule has 2 aromatic rings. The van der Waals surface area contributed by atoms with Crippen LogP contribution in [0.2, 0.25) is 0 Å². The van der Waals surface area contributed by atoms with Gasteiger partial charge in [0.1, 0.15) is 5.82 Å². The van der Waals surface area contributed by atoms with Crippen LogP contribution in [-0.2, 0) is 11.3 Å². The lowest BCUT2D eigenvalue weighted by Crippen LogP contribution is -2.38. The summed E-state index contributed by atoms with van der Waals surface area (Å²) >= 11 is 3.32. The van der Waals surface area contributed by atoms with E-state index in [1.54, 1.807) is 30.3 Å². The number of anilines is 1. The molecule has 0 atom stereocenters. The average Bonchev–Trinajstić information content (AvgIpc) is 2.76. The number of amides is 1. The van der Waals surface area contributed by atoms with Crippen molar-refractivity contribution in [3.63, 3.8) is 0 Å². The summed E-state index contributed by atoms with van der Waals surface area (Å²) in [4.78, 5) is 27.7. The van der Waals surface area contributed by atoms with Crippen molar-refractivity contribution >= 4 is 33.3 Å². The predicted molar refractivity (Wildman–Crippen MR) is 88.7 cm³/mol. The number of rotatable bonds is 4. The third-order valence-corrected chi connectivity index (χ3v) is 4.36. The molecule has 6 heteroatoms. The number of benzene rings is 2.